The average molecular weight is 1100 g/mol. The molecule has 26 atom stereocenters. The zero-order valence-electron chi connectivity index (χ0n) is 43.5. The van der Waals surface area contributed by atoms with Crippen molar-refractivity contribution < 1.29 is 129 Å². The predicted molar refractivity (Wildman–Crippen MR) is 259 cm³/mol. The molecule has 26 heteroatoms. The van der Waals surface area contributed by atoms with E-state index >= 15 is 0 Å². The second-order valence-corrected chi connectivity index (χ2v) is 20.6. The van der Waals surface area contributed by atoms with Crippen molar-refractivity contribution in [2.75, 3.05) is 33.0 Å². The number of aliphatic hydroxyl groups excluding tert-OH is 16. The van der Waals surface area contributed by atoms with Crippen molar-refractivity contribution in [3.05, 3.63) is 47.6 Å². The van der Waals surface area contributed by atoms with Crippen molar-refractivity contribution in [1.82, 2.24) is 0 Å². The van der Waals surface area contributed by atoms with Gasteiger partial charge >= 0.3 is 0 Å². The highest BCUT2D eigenvalue weighted by Crippen LogP contribution is 2.35. The van der Waals surface area contributed by atoms with Crippen LogP contribution >= 0.6 is 0 Å². The Morgan fingerprint density at radius 3 is 1.38 bits per heavy atom. The molecule has 16 N–H and O–H groups in total. The summed E-state index contributed by atoms with van der Waals surface area (Å²) in [5.74, 6) is 0. The van der Waals surface area contributed by atoms with Crippen molar-refractivity contribution in [2.24, 2.45) is 0 Å². The van der Waals surface area contributed by atoms with Crippen LogP contribution in [0.1, 0.15) is 73.1 Å². The molecule has 0 amide bonds. The normalized spacial score (nSPS) is 43.9. The summed E-state index contributed by atoms with van der Waals surface area (Å²) in [5, 5.41) is 167. The van der Waals surface area contributed by atoms with Crippen LogP contribution in [0.4, 0.5) is 0 Å². The topological polar surface area (TPSA) is 416 Å². The lowest BCUT2D eigenvalue weighted by molar-refractivity contribution is -0.375. The third-order valence-electron chi connectivity index (χ3n) is 14.5. The molecule has 0 bridgehead atoms. The third kappa shape index (κ3) is 16.3. The van der Waals surface area contributed by atoms with Gasteiger partial charge in [0.25, 0.3) is 0 Å². The molecule has 5 aliphatic heterocycles. The predicted octanol–water partition coefficient (Wildman–Crippen LogP) is -4.76. The molecule has 0 aromatic rings. The van der Waals surface area contributed by atoms with E-state index in [2.05, 4.69) is 12.7 Å². The fourth-order valence-corrected chi connectivity index (χ4v) is 9.28. The molecule has 0 saturated carbocycles. The van der Waals surface area contributed by atoms with Gasteiger partial charge in [0.2, 0.25) is 0 Å². The minimum absolute atomic E-state index is 0.0544. The summed E-state index contributed by atoms with van der Waals surface area (Å²) in [5.41, 5.74) is 1.85. The zero-order valence-corrected chi connectivity index (χ0v) is 43.5. The largest absolute Gasteiger partial charge is 0.394 e. The van der Waals surface area contributed by atoms with Gasteiger partial charge in [0.15, 0.2) is 31.5 Å². The molecule has 1 unspecified atom stereocenters. The molecule has 5 aliphatic rings. The van der Waals surface area contributed by atoms with E-state index in [1.807, 2.05) is 26.0 Å². The van der Waals surface area contributed by atoms with E-state index in [9.17, 15) is 81.7 Å². The summed E-state index contributed by atoms with van der Waals surface area (Å²) >= 11 is 0. The highest BCUT2D eigenvalue weighted by atomic mass is 16.8. The molecule has 0 aromatic carbocycles. The van der Waals surface area contributed by atoms with Crippen LogP contribution in [0.25, 0.3) is 0 Å². The van der Waals surface area contributed by atoms with Gasteiger partial charge in [0.1, 0.15) is 116 Å². The maximum atomic E-state index is 11.1. The maximum absolute atomic E-state index is 11.1. The van der Waals surface area contributed by atoms with Crippen molar-refractivity contribution >= 4 is 0 Å². The smallest absolute Gasteiger partial charge is 0.188 e. The van der Waals surface area contributed by atoms with E-state index in [1.165, 1.54) is 13.0 Å². The van der Waals surface area contributed by atoms with Gasteiger partial charge in [0, 0.05) is 0 Å². The Morgan fingerprint density at radius 1 is 0.461 bits per heavy atom. The Bertz CT molecular complexity index is 1860. The van der Waals surface area contributed by atoms with E-state index < -0.39 is 186 Å². The zero-order chi connectivity index (χ0) is 56.3. The van der Waals surface area contributed by atoms with Crippen molar-refractivity contribution in [1.29, 1.82) is 0 Å². The van der Waals surface area contributed by atoms with E-state index in [0.717, 1.165) is 29.6 Å². The van der Waals surface area contributed by atoms with Crippen LogP contribution < -0.4 is 0 Å². The fraction of sp³-hybridized carbons (Fsp3) is 0.840. The molecule has 5 saturated heterocycles. The highest BCUT2D eigenvalue weighted by Gasteiger charge is 2.54. The van der Waals surface area contributed by atoms with Gasteiger partial charge in [-0.25, -0.2) is 0 Å². The van der Waals surface area contributed by atoms with E-state index in [0.29, 0.717) is 25.7 Å². The molecular formula is C50H84O26. The van der Waals surface area contributed by atoms with Gasteiger partial charge in [0.05, 0.1) is 44.7 Å². The Morgan fingerprint density at radius 2 is 0.868 bits per heavy atom. The molecule has 5 fully saturated rings. The van der Waals surface area contributed by atoms with Gasteiger partial charge in [-0.1, -0.05) is 41.0 Å². The minimum Gasteiger partial charge on any atom is -0.394 e. The van der Waals surface area contributed by atoms with Crippen LogP contribution in [-0.2, 0) is 47.4 Å². The van der Waals surface area contributed by atoms with Crippen LogP contribution in [0, 0.1) is 0 Å². The Balaban J connectivity index is 1.10. The summed E-state index contributed by atoms with van der Waals surface area (Å²) < 4.78 is 57.6. The van der Waals surface area contributed by atoms with Crippen molar-refractivity contribution in [2.45, 2.75) is 232 Å². The second-order valence-electron chi connectivity index (χ2n) is 20.6. The molecular weight excluding hydrogens is 1020 g/mol. The lowest BCUT2D eigenvalue weighted by atomic mass is 9.95. The Labute approximate surface area is 441 Å². The van der Waals surface area contributed by atoms with Gasteiger partial charge in [-0.2, -0.15) is 0 Å². The summed E-state index contributed by atoms with van der Waals surface area (Å²) in [6, 6.07) is 0. The van der Waals surface area contributed by atoms with Crippen LogP contribution in [0.15, 0.2) is 47.6 Å². The number of ether oxygens (including phenoxy) is 10. The Hall–Kier alpha value is -2.08. The monoisotopic (exact) mass is 1100 g/mol. The SMILES string of the molecule is C=CC(C)(CCC=C(C)CCC=C(C)CCC=C(C)CO[C@@H]1O[C@H](CO)[C@@H](O)[C@H](O)[C@H]1O[C@@H]1O[C@H](CO[C@@H]2O[C@@H](C)[C@H](O)[C@@H](O)[C@H]2O)[C@@H](O)[C@H](O)[C@H]1O)O[C@@H]1O[C@H](CO)[C@@H](O)[C@H](O)[C@H]1O[C@@H]1O[C@H](CO)[C@@H](O)[C@H](O)[C@H]1O. The fourth-order valence-electron chi connectivity index (χ4n) is 9.28. The van der Waals surface area contributed by atoms with E-state index in [-0.39, 0.29) is 6.61 Å². The van der Waals surface area contributed by atoms with Gasteiger partial charge in [-0.3, -0.25) is 0 Å². The molecule has 440 valence electrons. The molecule has 0 aromatic heterocycles. The lowest BCUT2D eigenvalue weighted by Gasteiger charge is -2.47. The van der Waals surface area contributed by atoms with Gasteiger partial charge < -0.3 is 129 Å². The molecule has 0 aliphatic carbocycles. The first-order chi connectivity index (χ1) is 35.9. The van der Waals surface area contributed by atoms with Crippen LogP contribution in [0.2, 0.25) is 0 Å². The molecule has 5 heterocycles. The first kappa shape index (κ1) is 64.7. The second kappa shape index (κ2) is 29.6. The molecule has 76 heavy (non-hydrogen) atoms. The van der Waals surface area contributed by atoms with Crippen molar-refractivity contribution in [3.63, 3.8) is 0 Å². The number of aliphatic hydroxyl groups is 16. The van der Waals surface area contributed by atoms with Crippen LogP contribution in [-0.4, -0.2) is 274 Å². The lowest BCUT2D eigenvalue weighted by Crippen LogP contribution is -2.65. The number of hydrogen-bond acceptors (Lipinski definition) is 26. The summed E-state index contributed by atoms with van der Waals surface area (Å²) in [6.07, 6.45) is -28.1. The Kier molecular flexibility index (Phi) is 25.2. The molecule has 26 nitrogen and oxygen atoms in total. The first-order valence-corrected chi connectivity index (χ1v) is 25.7. The number of rotatable bonds is 25. The van der Waals surface area contributed by atoms with E-state index in [4.69, 9.17) is 47.4 Å². The summed E-state index contributed by atoms with van der Waals surface area (Å²) in [7, 11) is 0. The quantitative estimate of drug-likeness (QED) is 0.0382. The first-order valence-electron chi connectivity index (χ1n) is 25.7. The highest BCUT2D eigenvalue weighted by molar-refractivity contribution is 5.08. The molecule has 0 spiro atoms. The number of allylic oxidation sites excluding steroid dienone is 5. The average Bonchev–Trinajstić information content (AvgIpc) is 3.39. The van der Waals surface area contributed by atoms with Crippen LogP contribution in [0.3, 0.4) is 0 Å². The maximum Gasteiger partial charge on any atom is 0.188 e. The van der Waals surface area contributed by atoms with Gasteiger partial charge in [-0.15, -0.1) is 6.58 Å². The third-order valence-corrected chi connectivity index (χ3v) is 14.5. The molecule has 0 radical (unpaired) electrons. The molecule has 5 rings (SSSR count). The number of hydrogen-bond donors (Lipinski definition) is 16. The summed E-state index contributed by atoms with van der Waals surface area (Å²) in [6.45, 7) is 10.1. The van der Waals surface area contributed by atoms with E-state index in [1.54, 1.807) is 13.8 Å². The van der Waals surface area contributed by atoms with Crippen LogP contribution in [0.5, 0.6) is 0 Å². The minimum atomic E-state index is -1.89. The van der Waals surface area contributed by atoms with Crippen molar-refractivity contribution in [3.8, 4) is 0 Å². The summed E-state index contributed by atoms with van der Waals surface area (Å²) in [4.78, 5) is 0. The standard InChI is InChI=1S/C50H84O26/c1-7-50(6,76-49-44(39(63)33(57)28(19-53)72-49)75-46-41(65)36(60)31(55)26(17-51)70-46)16-10-15-23(3)12-8-11-22(2)13-9-14-24(4)20-67-48-43(38(62)32(56)27(18-52)71-48)74-47-42(66)37(61)34(58)29(73-47)21-68-45-40(64)35(59)30(54)25(5)69-45/h7,11,14-15,25-49,51-66H,1,8-10,12-13,16-21H2,2-6H3/t25-,26+,27+,28+,29+,30-,31+,32+,33+,34+,35+,36-,37-,38-,39-,40+,41+,42+,43+,44+,45+,46-,47-,48+,49-,50?/m0/s1. The van der Waals surface area contributed by atoms with Gasteiger partial charge in [-0.05, 0) is 73.1 Å².